The van der Waals surface area contributed by atoms with E-state index in [-0.39, 0.29) is 24.0 Å². The molecule has 5 nitrogen and oxygen atoms in total. The van der Waals surface area contributed by atoms with Crippen LogP contribution in [0.2, 0.25) is 5.02 Å². The van der Waals surface area contributed by atoms with Crippen LogP contribution in [-0.2, 0) is 27.2 Å². The molecule has 0 aliphatic rings. The normalized spacial score (nSPS) is 11.2. The minimum Gasteiger partial charge on any atom is -0.357 e. The number of guanidine groups is 1. The molecule has 0 atom stereocenters. The van der Waals surface area contributed by atoms with Gasteiger partial charge in [0.25, 0.3) is 0 Å². The van der Waals surface area contributed by atoms with Gasteiger partial charge in [0.15, 0.2) is 5.96 Å². The minimum absolute atomic E-state index is 0. The Morgan fingerprint density at radius 2 is 2.09 bits per heavy atom. The summed E-state index contributed by atoms with van der Waals surface area (Å²) in [6.07, 6.45) is 6.04. The van der Waals surface area contributed by atoms with Gasteiger partial charge in [-0.05, 0) is 17.7 Å². The van der Waals surface area contributed by atoms with Crippen LogP contribution in [0.4, 0.5) is 0 Å². The Morgan fingerprint density at radius 3 is 2.59 bits per heavy atom. The van der Waals surface area contributed by atoms with Crippen LogP contribution in [0, 0.1) is 0 Å². The number of hydrogen-bond donors (Lipinski definition) is 1. The zero-order valence-corrected chi connectivity index (χ0v) is 16.5. The lowest BCUT2D eigenvalue weighted by Crippen LogP contribution is -2.38. The van der Waals surface area contributed by atoms with E-state index < -0.39 is 0 Å². The molecule has 0 unspecified atom stereocenters. The highest BCUT2D eigenvalue weighted by Gasteiger charge is 2.09. The molecule has 0 spiro atoms. The van der Waals surface area contributed by atoms with Crippen LogP contribution in [0.5, 0.6) is 0 Å². The average molecular weight is 436 g/mol. The van der Waals surface area contributed by atoms with E-state index in [2.05, 4.69) is 27.5 Å². The predicted octanol–water partition coefficient (Wildman–Crippen LogP) is 2.84. The number of aryl methyl sites for hydroxylation is 2. The summed E-state index contributed by atoms with van der Waals surface area (Å²) < 4.78 is 4.07. The summed E-state index contributed by atoms with van der Waals surface area (Å²) in [6, 6.07) is 4.07. The first-order valence-electron chi connectivity index (χ1n) is 6.83. The second-order valence-corrected chi connectivity index (χ2v) is 5.64. The fourth-order valence-corrected chi connectivity index (χ4v) is 2.54. The number of hydrogen-bond acceptors (Lipinski definition) is 1. The van der Waals surface area contributed by atoms with Crippen molar-refractivity contribution in [1.29, 1.82) is 0 Å². The fourth-order valence-electron chi connectivity index (χ4n) is 2.27. The molecule has 2 aromatic heterocycles. The second-order valence-electron chi connectivity index (χ2n) is 5.20. The number of nitrogens with one attached hydrogen (secondary N) is 1. The third-order valence-corrected chi connectivity index (χ3v) is 3.60. The van der Waals surface area contributed by atoms with E-state index in [4.69, 9.17) is 11.6 Å². The molecule has 0 aliphatic heterocycles. The molecular weight excluding hydrogens is 413 g/mol. The number of aromatic nitrogens is 2. The highest BCUT2D eigenvalue weighted by atomic mass is 127. The fraction of sp³-hybridized carbons (Fsp3) is 0.400. The standard InChI is InChI=1S/C15H22ClN5.HI/c1-17-15(18-8-12-5-6-19(2)9-12)21(4)11-14-7-13(16)10-20(14)3;/h5-7,9-10H,8,11H2,1-4H3,(H,17,18);1H. The van der Waals surface area contributed by atoms with E-state index in [1.165, 1.54) is 5.56 Å². The van der Waals surface area contributed by atoms with Gasteiger partial charge < -0.3 is 19.4 Å². The van der Waals surface area contributed by atoms with Crippen molar-refractivity contribution in [1.82, 2.24) is 19.4 Å². The van der Waals surface area contributed by atoms with Crippen LogP contribution in [0.25, 0.3) is 0 Å². The second kappa shape index (κ2) is 8.47. The maximum atomic E-state index is 6.02. The van der Waals surface area contributed by atoms with Crippen LogP contribution < -0.4 is 5.32 Å². The number of aliphatic imine (C=N–C) groups is 1. The van der Waals surface area contributed by atoms with Crippen LogP contribution in [0.15, 0.2) is 35.7 Å². The number of halogens is 2. The zero-order valence-electron chi connectivity index (χ0n) is 13.4. The zero-order chi connectivity index (χ0) is 15.4. The highest BCUT2D eigenvalue weighted by Crippen LogP contribution is 2.14. The van der Waals surface area contributed by atoms with Gasteiger partial charge in [0.05, 0.1) is 11.6 Å². The van der Waals surface area contributed by atoms with Gasteiger partial charge in [-0.25, -0.2) is 0 Å². The number of rotatable bonds is 4. The molecule has 0 saturated heterocycles. The third-order valence-electron chi connectivity index (χ3n) is 3.39. The molecule has 0 saturated carbocycles. The maximum Gasteiger partial charge on any atom is 0.194 e. The molecule has 2 aromatic rings. The van der Waals surface area contributed by atoms with Crippen LogP contribution in [0.3, 0.4) is 0 Å². The van der Waals surface area contributed by atoms with E-state index >= 15 is 0 Å². The van der Waals surface area contributed by atoms with E-state index in [1.54, 1.807) is 7.05 Å². The molecule has 2 rings (SSSR count). The molecular formula is C15H23ClIN5. The van der Waals surface area contributed by atoms with Crippen molar-refractivity contribution >= 4 is 41.5 Å². The Bertz CT molecular complexity index is 632. The summed E-state index contributed by atoms with van der Waals surface area (Å²) in [5, 5.41) is 4.12. The largest absolute Gasteiger partial charge is 0.357 e. The first-order chi connectivity index (χ1) is 9.99. The Hall–Kier alpha value is -1.15. The molecule has 7 heteroatoms. The molecule has 2 heterocycles. The summed E-state index contributed by atoms with van der Waals surface area (Å²) in [6.45, 7) is 1.50. The van der Waals surface area contributed by atoms with E-state index in [1.807, 2.05) is 48.7 Å². The van der Waals surface area contributed by atoms with Gasteiger partial charge in [-0.1, -0.05) is 11.6 Å². The Labute approximate surface area is 154 Å². The third kappa shape index (κ3) is 4.95. The average Bonchev–Trinajstić information content (AvgIpc) is 2.96. The Kier molecular flexibility index (Phi) is 7.28. The molecule has 0 aliphatic carbocycles. The van der Waals surface area contributed by atoms with Gasteiger partial charge in [0.2, 0.25) is 0 Å². The molecule has 0 fully saturated rings. The van der Waals surface area contributed by atoms with Gasteiger partial charge in [-0.15, -0.1) is 24.0 Å². The first-order valence-corrected chi connectivity index (χ1v) is 7.20. The smallest absolute Gasteiger partial charge is 0.194 e. The quantitative estimate of drug-likeness (QED) is 0.456. The summed E-state index contributed by atoms with van der Waals surface area (Å²) in [4.78, 5) is 6.40. The summed E-state index contributed by atoms with van der Waals surface area (Å²) in [5.41, 5.74) is 2.37. The lowest BCUT2D eigenvalue weighted by molar-refractivity contribution is 0.461. The van der Waals surface area contributed by atoms with Crippen molar-refractivity contribution in [3.63, 3.8) is 0 Å². The molecule has 0 radical (unpaired) electrons. The predicted molar refractivity (Wildman–Crippen MR) is 103 cm³/mol. The lowest BCUT2D eigenvalue weighted by Gasteiger charge is -2.22. The van der Waals surface area contributed by atoms with Gasteiger partial charge in [0.1, 0.15) is 0 Å². The maximum absolute atomic E-state index is 6.02. The van der Waals surface area contributed by atoms with E-state index in [9.17, 15) is 0 Å². The lowest BCUT2D eigenvalue weighted by atomic mass is 10.3. The highest BCUT2D eigenvalue weighted by molar-refractivity contribution is 14.0. The van der Waals surface area contributed by atoms with Crippen molar-refractivity contribution in [2.75, 3.05) is 14.1 Å². The van der Waals surface area contributed by atoms with E-state index in [0.29, 0.717) is 0 Å². The minimum atomic E-state index is 0. The molecule has 1 N–H and O–H groups in total. The van der Waals surface area contributed by atoms with Gasteiger partial charge in [-0.2, -0.15) is 0 Å². The Balaban J connectivity index is 0.00000242. The van der Waals surface area contributed by atoms with Gasteiger partial charge in [0, 0.05) is 59.0 Å². The molecule has 122 valence electrons. The summed E-state index contributed by atoms with van der Waals surface area (Å²) >= 11 is 6.02. The van der Waals surface area contributed by atoms with E-state index in [0.717, 1.165) is 29.8 Å². The molecule has 22 heavy (non-hydrogen) atoms. The molecule has 0 bridgehead atoms. The van der Waals surface area contributed by atoms with Gasteiger partial charge in [-0.3, -0.25) is 4.99 Å². The van der Waals surface area contributed by atoms with Crippen LogP contribution in [0.1, 0.15) is 11.3 Å². The SMILES string of the molecule is CN=C(NCc1ccn(C)c1)N(C)Cc1cc(Cl)cn1C.I. The van der Waals surface area contributed by atoms with Crippen molar-refractivity contribution in [3.8, 4) is 0 Å². The summed E-state index contributed by atoms with van der Waals surface area (Å²) in [5.74, 6) is 0.858. The van der Waals surface area contributed by atoms with Crippen molar-refractivity contribution in [2.45, 2.75) is 13.1 Å². The van der Waals surface area contributed by atoms with Crippen molar-refractivity contribution < 1.29 is 0 Å². The van der Waals surface area contributed by atoms with Crippen LogP contribution >= 0.6 is 35.6 Å². The number of nitrogens with zero attached hydrogens (tertiary/aromatic N) is 4. The van der Waals surface area contributed by atoms with Gasteiger partial charge >= 0.3 is 0 Å². The van der Waals surface area contributed by atoms with Crippen molar-refractivity contribution in [3.05, 3.63) is 47.0 Å². The first kappa shape index (κ1) is 18.9. The molecule has 0 amide bonds. The summed E-state index contributed by atoms with van der Waals surface area (Å²) in [7, 11) is 7.82. The van der Waals surface area contributed by atoms with Crippen LogP contribution in [-0.4, -0.2) is 34.1 Å². The molecule has 0 aromatic carbocycles. The van der Waals surface area contributed by atoms with Crippen molar-refractivity contribution in [2.24, 2.45) is 19.1 Å². The Morgan fingerprint density at radius 1 is 1.36 bits per heavy atom. The monoisotopic (exact) mass is 435 g/mol. The topological polar surface area (TPSA) is 37.5 Å².